The van der Waals surface area contributed by atoms with E-state index in [-0.39, 0.29) is 24.9 Å². The Labute approximate surface area is 133 Å². The van der Waals surface area contributed by atoms with E-state index in [2.05, 4.69) is 10.6 Å². The smallest absolute Gasteiger partial charge is 0.319 e. The molecule has 0 aliphatic rings. The van der Waals surface area contributed by atoms with Crippen LogP contribution in [0.2, 0.25) is 0 Å². The molecule has 0 aliphatic carbocycles. The van der Waals surface area contributed by atoms with Crippen LogP contribution >= 0.6 is 0 Å². The molecule has 0 heterocycles. The van der Waals surface area contributed by atoms with Crippen molar-refractivity contribution in [1.29, 1.82) is 0 Å². The van der Waals surface area contributed by atoms with Crippen molar-refractivity contribution >= 4 is 11.7 Å². The highest BCUT2D eigenvalue weighted by atomic mass is 19.1. The number of rotatable bonds is 5. The summed E-state index contributed by atoms with van der Waals surface area (Å²) >= 11 is 0. The van der Waals surface area contributed by atoms with Crippen LogP contribution in [0.25, 0.3) is 0 Å². The number of ether oxygens (including phenoxy) is 1. The molecule has 2 amide bonds. The first kappa shape index (κ1) is 16.7. The lowest BCUT2D eigenvalue weighted by Gasteiger charge is -2.13. The van der Waals surface area contributed by atoms with Crippen molar-refractivity contribution in [3.05, 3.63) is 59.2 Å². The number of urea groups is 1. The van der Waals surface area contributed by atoms with Gasteiger partial charge in [-0.1, -0.05) is 18.2 Å². The molecule has 0 unspecified atom stereocenters. The SMILES string of the molecule is Cc1cccc(C)c1NC(=O)NCCOc1ccc(F)cc1F. The number of para-hydroxylation sites is 1. The lowest BCUT2D eigenvalue weighted by atomic mass is 10.1. The fraction of sp³-hybridized carbons (Fsp3) is 0.235. The minimum absolute atomic E-state index is 0.0524. The average molecular weight is 320 g/mol. The van der Waals surface area contributed by atoms with Crippen LogP contribution in [-0.4, -0.2) is 19.2 Å². The summed E-state index contributed by atoms with van der Waals surface area (Å²) in [6.07, 6.45) is 0. The molecule has 0 saturated heterocycles. The summed E-state index contributed by atoms with van der Waals surface area (Å²) in [5, 5.41) is 5.38. The number of benzene rings is 2. The number of carbonyl (C=O) groups is 1. The van der Waals surface area contributed by atoms with E-state index in [0.29, 0.717) is 0 Å². The molecule has 2 rings (SSSR count). The first-order valence-corrected chi connectivity index (χ1v) is 7.16. The quantitative estimate of drug-likeness (QED) is 0.824. The number of carbonyl (C=O) groups excluding carboxylic acids is 1. The molecule has 4 nitrogen and oxygen atoms in total. The Hall–Kier alpha value is -2.63. The molecule has 0 spiro atoms. The van der Waals surface area contributed by atoms with E-state index in [9.17, 15) is 13.6 Å². The van der Waals surface area contributed by atoms with E-state index in [1.54, 1.807) is 0 Å². The zero-order valence-electron chi connectivity index (χ0n) is 13.0. The molecule has 0 bridgehead atoms. The largest absolute Gasteiger partial charge is 0.489 e. The van der Waals surface area contributed by atoms with Gasteiger partial charge in [0.15, 0.2) is 11.6 Å². The van der Waals surface area contributed by atoms with Crippen LogP contribution in [0, 0.1) is 25.5 Å². The Kier molecular flexibility index (Phi) is 5.51. The Bertz CT molecular complexity index is 685. The predicted octanol–water partition coefficient (Wildman–Crippen LogP) is 3.78. The van der Waals surface area contributed by atoms with Crippen LogP contribution in [0.3, 0.4) is 0 Å². The van der Waals surface area contributed by atoms with Gasteiger partial charge in [0.25, 0.3) is 0 Å². The molecule has 0 atom stereocenters. The average Bonchev–Trinajstić information content (AvgIpc) is 2.49. The van der Waals surface area contributed by atoms with Crippen molar-refractivity contribution in [2.45, 2.75) is 13.8 Å². The van der Waals surface area contributed by atoms with Gasteiger partial charge < -0.3 is 15.4 Å². The van der Waals surface area contributed by atoms with E-state index in [0.717, 1.165) is 28.9 Å². The molecule has 122 valence electrons. The second-order valence-electron chi connectivity index (χ2n) is 5.07. The van der Waals surface area contributed by atoms with Crippen LogP contribution in [0.5, 0.6) is 5.75 Å². The second kappa shape index (κ2) is 7.58. The number of halogens is 2. The number of nitrogens with one attached hydrogen (secondary N) is 2. The molecule has 0 saturated carbocycles. The lowest BCUT2D eigenvalue weighted by molar-refractivity contribution is 0.246. The van der Waals surface area contributed by atoms with E-state index in [1.165, 1.54) is 6.07 Å². The van der Waals surface area contributed by atoms with Gasteiger partial charge in [-0.2, -0.15) is 0 Å². The Balaban J connectivity index is 1.79. The molecule has 0 radical (unpaired) electrons. The van der Waals surface area contributed by atoms with Gasteiger partial charge in [0, 0.05) is 11.8 Å². The van der Waals surface area contributed by atoms with E-state index >= 15 is 0 Å². The first-order valence-electron chi connectivity index (χ1n) is 7.16. The zero-order valence-corrected chi connectivity index (χ0v) is 13.0. The van der Waals surface area contributed by atoms with Crippen molar-refractivity contribution in [2.75, 3.05) is 18.5 Å². The maximum absolute atomic E-state index is 13.3. The number of amides is 2. The highest BCUT2D eigenvalue weighted by Gasteiger charge is 2.07. The van der Waals surface area contributed by atoms with Crippen LogP contribution in [0.15, 0.2) is 36.4 Å². The van der Waals surface area contributed by atoms with Crippen molar-refractivity contribution in [3.63, 3.8) is 0 Å². The van der Waals surface area contributed by atoms with Crippen LogP contribution in [0.1, 0.15) is 11.1 Å². The van der Waals surface area contributed by atoms with E-state index < -0.39 is 11.6 Å². The van der Waals surface area contributed by atoms with Crippen molar-refractivity contribution in [3.8, 4) is 5.75 Å². The van der Waals surface area contributed by atoms with E-state index in [1.807, 2.05) is 32.0 Å². The van der Waals surface area contributed by atoms with Gasteiger partial charge in [-0.25, -0.2) is 13.6 Å². The predicted molar refractivity (Wildman–Crippen MR) is 84.8 cm³/mol. The van der Waals surface area contributed by atoms with Gasteiger partial charge in [0.2, 0.25) is 0 Å². The number of aryl methyl sites for hydroxylation is 2. The summed E-state index contributed by atoms with van der Waals surface area (Å²) in [6, 6.07) is 8.42. The van der Waals surface area contributed by atoms with Gasteiger partial charge in [-0.15, -0.1) is 0 Å². The van der Waals surface area contributed by atoms with Crippen LogP contribution in [-0.2, 0) is 0 Å². The summed E-state index contributed by atoms with van der Waals surface area (Å²) in [5.74, 6) is -1.49. The van der Waals surface area contributed by atoms with Crippen molar-refractivity contribution in [2.24, 2.45) is 0 Å². The van der Waals surface area contributed by atoms with Crippen LogP contribution in [0.4, 0.5) is 19.3 Å². The highest BCUT2D eigenvalue weighted by Crippen LogP contribution is 2.19. The highest BCUT2D eigenvalue weighted by molar-refractivity contribution is 5.90. The summed E-state index contributed by atoms with van der Waals surface area (Å²) in [5.41, 5.74) is 2.69. The Morgan fingerprint density at radius 2 is 1.83 bits per heavy atom. The molecular weight excluding hydrogens is 302 g/mol. The van der Waals surface area contributed by atoms with Crippen molar-refractivity contribution in [1.82, 2.24) is 5.32 Å². The third-order valence-corrected chi connectivity index (χ3v) is 3.26. The monoisotopic (exact) mass is 320 g/mol. The first-order chi connectivity index (χ1) is 11.0. The number of hydrogen-bond donors (Lipinski definition) is 2. The molecule has 2 aromatic rings. The lowest BCUT2D eigenvalue weighted by Crippen LogP contribution is -2.32. The third kappa shape index (κ3) is 4.67. The van der Waals surface area contributed by atoms with E-state index in [4.69, 9.17) is 4.74 Å². The minimum atomic E-state index is -0.773. The molecule has 2 aromatic carbocycles. The molecule has 0 aromatic heterocycles. The maximum atomic E-state index is 13.3. The molecule has 0 fully saturated rings. The minimum Gasteiger partial charge on any atom is -0.489 e. The van der Waals surface area contributed by atoms with Gasteiger partial charge >= 0.3 is 6.03 Å². The van der Waals surface area contributed by atoms with Gasteiger partial charge in [0.05, 0.1) is 6.54 Å². The molecule has 2 N–H and O–H groups in total. The van der Waals surface area contributed by atoms with Gasteiger partial charge in [-0.3, -0.25) is 0 Å². The van der Waals surface area contributed by atoms with Gasteiger partial charge in [-0.05, 0) is 37.1 Å². The fourth-order valence-electron chi connectivity index (χ4n) is 2.09. The normalized spacial score (nSPS) is 10.3. The summed E-state index contributed by atoms with van der Waals surface area (Å²) in [4.78, 5) is 11.8. The summed E-state index contributed by atoms with van der Waals surface area (Å²) in [6.45, 7) is 4.07. The van der Waals surface area contributed by atoms with Crippen LogP contribution < -0.4 is 15.4 Å². The van der Waals surface area contributed by atoms with Crippen molar-refractivity contribution < 1.29 is 18.3 Å². The zero-order chi connectivity index (χ0) is 16.8. The molecule has 0 aliphatic heterocycles. The molecular formula is C17H18F2N2O2. The standard InChI is InChI=1S/C17H18F2N2O2/c1-11-4-3-5-12(2)16(11)21-17(22)20-8-9-23-15-7-6-13(18)10-14(15)19/h3-7,10H,8-9H2,1-2H3,(H2,20,21,22). The number of anilines is 1. The molecule has 23 heavy (non-hydrogen) atoms. The summed E-state index contributed by atoms with van der Waals surface area (Å²) < 4.78 is 31.3. The van der Waals surface area contributed by atoms with Gasteiger partial charge in [0.1, 0.15) is 12.4 Å². The maximum Gasteiger partial charge on any atom is 0.319 e. The summed E-state index contributed by atoms with van der Waals surface area (Å²) in [7, 11) is 0. The second-order valence-corrected chi connectivity index (χ2v) is 5.07. The Morgan fingerprint density at radius 1 is 1.13 bits per heavy atom. The third-order valence-electron chi connectivity index (χ3n) is 3.26. The molecule has 6 heteroatoms. The topological polar surface area (TPSA) is 50.4 Å². The number of hydrogen-bond acceptors (Lipinski definition) is 2. The Morgan fingerprint density at radius 3 is 2.48 bits per heavy atom. The fourth-order valence-corrected chi connectivity index (χ4v) is 2.09.